The number of rotatable bonds is 4. The van der Waals surface area contributed by atoms with Gasteiger partial charge in [-0.15, -0.1) is 0 Å². The van der Waals surface area contributed by atoms with Gasteiger partial charge in [-0.05, 0) is 45.8 Å². The minimum atomic E-state index is 0.888. The van der Waals surface area contributed by atoms with E-state index in [1.807, 2.05) is 48.7 Å². The van der Waals surface area contributed by atoms with E-state index in [1.165, 1.54) is 21.9 Å². The summed E-state index contributed by atoms with van der Waals surface area (Å²) in [6, 6.07) is 50.7. The first-order valence-corrected chi connectivity index (χ1v) is 14.1. The molecule has 0 amide bonds. The van der Waals surface area contributed by atoms with Crippen molar-refractivity contribution in [2.75, 3.05) is 0 Å². The van der Waals surface area contributed by atoms with Crippen LogP contribution in [-0.4, -0.2) is 15.0 Å². The minimum Gasteiger partial charge on any atom is -0.256 e. The summed E-state index contributed by atoms with van der Waals surface area (Å²) >= 11 is 0. The molecule has 8 aromatic rings. The van der Waals surface area contributed by atoms with Gasteiger partial charge >= 0.3 is 0 Å². The van der Waals surface area contributed by atoms with E-state index in [0.717, 1.165) is 55.6 Å². The van der Waals surface area contributed by atoms with Crippen LogP contribution in [0.4, 0.5) is 0 Å². The van der Waals surface area contributed by atoms with E-state index in [9.17, 15) is 0 Å². The third-order valence-corrected chi connectivity index (χ3v) is 7.92. The summed E-state index contributed by atoms with van der Waals surface area (Å²) in [5.74, 6) is 0. The van der Waals surface area contributed by atoms with Crippen molar-refractivity contribution in [1.29, 1.82) is 0 Å². The number of nitrogens with zero attached hydrogens (tertiary/aromatic N) is 3. The highest BCUT2D eigenvalue weighted by atomic mass is 14.8. The van der Waals surface area contributed by atoms with E-state index in [-0.39, 0.29) is 0 Å². The quantitative estimate of drug-likeness (QED) is 0.211. The van der Waals surface area contributed by atoms with E-state index in [4.69, 9.17) is 15.0 Å². The number of para-hydroxylation sites is 2. The Morgan fingerprint density at radius 2 is 0.833 bits per heavy atom. The second-order valence-electron chi connectivity index (χ2n) is 10.5. The maximum absolute atomic E-state index is 5.04. The van der Waals surface area contributed by atoms with Crippen molar-refractivity contribution in [2.45, 2.75) is 0 Å². The normalized spacial score (nSPS) is 11.3. The third-order valence-electron chi connectivity index (χ3n) is 7.92. The zero-order valence-electron chi connectivity index (χ0n) is 22.8. The number of pyridine rings is 1. The SMILES string of the molecule is c1ccc(-c2nc3ccccc3nc2-c2ccc(-c3ccc(-c4ccc5c(c4)ncc4ccccc45)cc3)cc2)cc1. The summed E-state index contributed by atoms with van der Waals surface area (Å²) in [4.78, 5) is 14.8. The highest BCUT2D eigenvalue weighted by molar-refractivity contribution is 6.06. The van der Waals surface area contributed by atoms with Crippen LogP contribution in [0.5, 0.6) is 0 Å². The van der Waals surface area contributed by atoms with Crippen molar-refractivity contribution < 1.29 is 0 Å². The Balaban J connectivity index is 1.12. The summed E-state index contributed by atoms with van der Waals surface area (Å²) in [5, 5.41) is 3.58. The van der Waals surface area contributed by atoms with Gasteiger partial charge in [0.2, 0.25) is 0 Å². The molecule has 3 nitrogen and oxygen atoms in total. The first-order chi connectivity index (χ1) is 20.8. The lowest BCUT2D eigenvalue weighted by molar-refractivity contribution is 1.29. The summed E-state index contributed by atoms with van der Waals surface area (Å²) in [7, 11) is 0. The zero-order valence-corrected chi connectivity index (χ0v) is 22.8. The van der Waals surface area contributed by atoms with Gasteiger partial charge in [0.25, 0.3) is 0 Å². The topological polar surface area (TPSA) is 38.7 Å². The lowest BCUT2D eigenvalue weighted by atomic mass is 9.97. The number of hydrogen-bond donors (Lipinski definition) is 0. The Labute approximate surface area is 243 Å². The van der Waals surface area contributed by atoms with Crippen molar-refractivity contribution >= 4 is 32.7 Å². The van der Waals surface area contributed by atoms with Gasteiger partial charge in [0.05, 0.1) is 27.9 Å². The molecule has 2 aromatic heterocycles. The van der Waals surface area contributed by atoms with Crippen LogP contribution >= 0.6 is 0 Å². The van der Waals surface area contributed by atoms with Crippen LogP contribution in [0.1, 0.15) is 0 Å². The molecule has 0 saturated heterocycles. The number of fused-ring (bicyclic) bond motifs is 4. The van der Waals surface area contributed by atoms with E-state index in [2.05, 4.69) is 103 Å². The van der Waals surface area contributed by atoms with Gasteiger partial charge in [-0.2, -0.15) is 0 Å². The lowest BCUT2D eigenvalue weighted by Gasteiger charge is -2.11. The molecule has 0 fully saturated rings. The number of aromatic nitrogens is 3. The summed E-state index contributed by atoms with van der Waals surface area (Å²) in [5.41, 5.74) is 11.3. The molecule has 196 valence electrons. The van der Waals surface area contributed by atoms with E-state index < -0.39 is 0 Å². The Kier molecular flexibility index (Phi) is 5.79. The molecule has 6 aromatic carbocycles. The fourth-order valence-electron chi connectivity index (χ4n) is 5.71. The van der Waals surface area contributed by atoms with Crippen LogP contribution in [0, 0.1) is 0 Å². The van der Waals surface area contributed by atoms with Gasteiger partial charge in [0, 0.05) is 28.1 Å². The minimum absolute atomic E-state index is 0.888. The molecule has 8 rings (SSSR count). The van der Waals surface area contributed by atoms with Crippen LogP contribution in [0.2, 0.25) is 0 Å². The first-order valence-electron chi connectivity index (χ1n) is 14.1. The molecule has 0 radical (unpaired) electrons. The molecule has 2 heterocycles. The molecule has 0 spiro atoms. The largest absolute Gasteiger partial charge is 0.256 e. The predicted octanol–water partition coefficient (Wildman–Crippen LogP) is 10.00. The molecular weight excluding hydrogens is 510 g/mol. The molecule has 3 heteroatoms. The van der Waals surface area contributed by atoms with Gasteiger partial charge in [0.1, 0.15) is 0 Å². The molecule has 0 aliphatic carbocycles. The molecule has 0 aliphatic heterocycles. The predicted molar refractivity (Wildman–Crippen MR) is 174 cm³/mol. The third kappa shape index (κ3) is 4.29. The van der Waals surface area contributed by atoms with Gasteiger partial charge < -0.3 is 0 Å². The van der Waals surface area contributed by atoms with Gasteiger partial charge in [-0.1, -0.05) is 127 Å². The van der Waals surface area contributed by atoms with E-state index in [1.54, 1.807) is 0 Å². The average Bonchev–Trinajstić information content (AvgIpc) is 3.08. The van der Waals surface area contributed by atoms with Crippen LogP contribution in [0.25, 0.3) is 77.5 Å². The molecule has 42 heavy (non-hydrogen) atoms. The lowest BCUT2D eigenvalue weighted by Crippen LogP contribution is -1.95. The van der Waals surface area contributed by atoms with Crippen molar-refractivity contribution in [3.05, 3.63) is 152 Å². The van der Waals surface area contributed by atoms with Crippen molar-refractivity contribution in [2.24, 2.45) is 0 Å². The van der Waals surface area contributed by atoms with Crippen molar-refractivity contribution in [1.82, 2.24) is 15.0 Å². The van der Waals surface area contributed by atoms with Crippen LogP contribution in [-0.2, 0) is 0 Å². The van der Waals surface area contributed by atoms with Crippen LogP contribution in [0.15, 0.2) is 152 Å². The smallest absolute Gasteiger partial charge is 0.0973 e. The molecule has 0 N–H and O–H groups in total. The van der Waals surface area contributed by atoms with Crippen molar-refractivity contribution in [3.8, 4) is 44.8 Å². The van der Waals surface area contributed by atoms with Gasteiger partial charge in [-0.3, -0.25) is 4.98 Å². The fraction of sp³-hybridized carbons (Fsp3) is 0. The summed E-state index contributed by atoms with van der Waals surface area (Å²) < 4.78 is 0. The maximum atomic E-state index is 5.04. The van der Waals surface area contributed by atoms with Crippen LogP contribution < -0.4 is 0 Å². The second-order valence-corrected chi connectivity index (χ2v) is 10.5. The Morgan fingerprint density at radius 3 is 1.50 bits per heavy atom. The Hall–Kier alpha value is -5.67. The highest BCUT2D eigenvalue weighted by Crippen LogP contribution is 2.33. The zero-order chi connectivity index (χ0) is 27.9. The maximum Gasteiger partial charge on any atom is 0.0973 e. The summed E-state index contributed by atoms with van der Waals surface area (Å²) in [6.07, 6.45) is 1.96. The molecule has 0 unspecified atom stereocenters. The van der Waals surface area contributed by atoms with E-state index >= 15 is 0 Å². The first kappa shape index (κ1) is 24.2. The molecule has 0 saturated carbocycles. The number of hydrogen-bond acceptors (Lipinski definition) is 3. The molecule has 0 aliphatic rings. The Bertz CT molecular complexity index is 2220. The standard InChI is InChI=1S/C39H25N3/c1-2-8-29(9-3-1)38-39(42-36-13-7-6-12-35(36)41-38)30-20-18-27(19-21-30)26-14-16-28(17-15-26)31-22-23-34-33-11-5-4-10-32(33)25-40-37(34)24-31/h1-25H. The van der Waals surface area contributed by atoms with Gasteiger partial charge in [0.15, 0.2) is 0 Å². The van der Waals surface area contributed by atoms with Crippen molar-refractivity contribution in [3.63, 3.8) is 0 Å². The molecule has 0 bridgehead atoms. The monoisotopic (exact) mass is 535 g/mol. The second kappa shape index (κ2) is 10.1. The number of benzene rings is 6. The summed E-state index contributed by atoms with van der Waals surface area (Å²) in [6.45, 7) is 0. The fourth-order valence-corrected chi connectivity index (χ4v) is 5.71. The Morgan fingerprint density at radius 1 is 0.333 bits per heavy atom. The average molecular weight is 536 g/mol. The van der Waals surface area contributed by atoms with E-state index in [0.29, 0.717) is 0 Å². The molecule has 0 atom stereocenters. The van der Waals surface area contributed by atoms with Gasteiger partial charge in [-0.25, -0.2) is 9.97 Å². The highest BCUT2D eigenvalue weighted by Gasteiger charge is 2.13. The molecular formula is C39H25N3. The van der Waals surface area contributed by atoms with Crippen LogP contribution in [0.3, 0.4) is 0 Å².